The minimum Gasteiger partial charge on any atom is -0.493 e. The molecule has 1 aromatic carbocycles. The number of rotatable bonds is 4. The van der Waals surface area contributed by atoms with Gasteiger partial charge in [-0.25, -0.2) is 0 Å². The van der Waals surface area contributed by atoms with E-state index in [9.17, 15) is 4.79 Å². The molecule has 3 heteroatoms. The molecule has 16 heavy (non-hydrogen) atoms. The molecule has 1 aromatic heterocycles. The van der Waals surface area contributed by atoms with Gasteiger partial charge in [-0.3, -0.25) is 4.79 Å². The third-order valence-corrected chi connectivity index (χ3v) is 3.19. The Bertz CT molecular complexity index is 488. The maximum atomic E-state index is 10.6. The predicted molar refractivity (Wildman–Crippen MR) is 66.3 cm³/mol. The number of ether oxygens (including phenoxy) is 1. The first-order valence-corrected chi connectivity index (χ1v) is 5.99. The first-order valence-electron chi connectivity index (χ1n) is 5.11. The second-order valence-corrected chi connectivity index (χ2v) is 4.20. The number of hydrogen-bond acceptors (Lipinski definition) is 3. The Morgan fingerprint density at radius 2 is 2.19 bits per heavy atom. The van der Waals surface area contributed by atoms with Crippen LogP contribution >= 0.6 is 11.3 Å². The monoisotopic (exact) mass is 232 g/mol. The van der Waals surface area contributed by atoms with E-state index in [0.29, 0.717) is 12.2 Å². The van der Waals surface area contributed by atoms with Gasteiger partial charge in [0.05, 0.1) is 6.61 Å². The second-order valence-electron chi connectivity index (χ2n) is 3.29. The van der Waals surface area contributed by atoms with Gasteiger partial charge >= 0.3 is 0 Å². The molecule has 0 spiro atoms. The summed E-state index contributed by atoms with van der Waals surface area (Å²) < 4.78 is 5.55. The average molecular weight is 232 g/mol. The highest BCUT2D eigenvalue weighted by Crippen LogP contribution is 2.33. The van der Waals surface area contributed by atoms with Crippen molar-refractivity contribution in [2.75, 3.05) is 6.61 Å². The third-order valence-electron chi connectivity index (χ3n) is 2.21. The SMILES string of the molecule is CCOc1ccccc1-c1cc(C=O)cs1. The summed E-state index contributed by atoms with van der Waals surface area (Å²) in [5.74, 6) is 0.865. The van der Waals surface area contributed by atoms with Crippen LogP contribution < -0.4 is 4.74 Å². The van der Waals surface area contributed by atoms with Gasteiger partial charge in [-0.15, -0.1) is 11.3 Å². The lowest BCUT2D eigenvalue weighted by molar-refractivity contribution is 0.112. The van der Waals surface area contributed by atoms with Gasteiger partial charge in [0.1, 0.15) is 5.75 Å². The van der Waals surface area contributed by atoms with E-state index in [1.807, 2.05) is 42.6 Å². The van der Waals surface area contributed by atoms with E-state index >= 15 is 0 Å². The molecule has 0 radical (unpaired) electrons. The van der Waals surface area contributed by atoms with Crippen LogP contribution in [0, 0.1) is 0 Å². The molecule has 0 unspecified atom stereocenters. The van der Waals surface area contributed by atoms with Crippen LogP contribution in [0.15, 0.2) is 35.7 Å². The highest BCUT2D eigenvalue weighted by atomic mass is 32.1. The molecule has 0 saturated carbocycles. The fraction of sp³-hybridized carbons (Fsp3) is 0.154. The van der Waals surface area contributed by atoms with E-state index in [4.69, 9.17) is 4.74 Å². The van der Waals surface area contributed by atoms with Crippen molar-refractivity contribution in [2.45, 2.75) is 6.92 Å². The molecule has 0 aliphatic heterocycles. The van der Waals surface area contributed by atoms with Crippen LogP contribution in [0.1, 0.15) is 17.3 Å². The summed E-state index contributed by atoms with van der Waals surface area (Å²) >= 11 is 1.56. The summed E-state index contributed by atoms with van der Waals surface area (Å²) in [6.45, 7) is 2.60. The Hall–Kier alpha value is -1.61. The van der Waals surface area contributed by atoms with E-state index in [0.717, 1.165) is 22.5 Å². The summed E-state index contributed by atoms with van der Waals surface area (Å²) in [4.78, 5) is 11.7. The molecule has 1 heterocycles. The van der Waals surface area contributed by atoms with Crippen molar-refractivity contribution in [1.82, 2.24) is 0 Å². The van der Waals surface area contributed by atoms with Gasteiger partial charge in [-0.05, 0) is 25.1 Å². The summed E-state index contributed by atoms with van der Waals surface area (Å²) in [6.07, 6.45) is 0.864. The highest BCUT2D eigenvalue weighted by Gasteiger charge is 2.07. The fourth-order valence-electron chi connectivity index (χ4n) is 1.51. The summed E-state index contributed by atoms with van der Waals surface area (Å²) in [6, 6.07) is 9.75. The quantitative estimate of drug-likeness (QED) is 0.752. The summed E-state index contributed by atoms with van der Waals surface area (Å²) in [7, 11) is 0. The Labute approximate surface area is 98.5 Å². The molecule has 0 amide bonds. The first-order chi connectivity index (χ1) is 7.85. The van der Waals surface area contributed by atoms with Crippen LogP contribution in [-0.4, -0.2) is 12.9 Å². The number of carbonyl (C=O) groups is 1. The number of para-hydroxylation sites is 1. The van der Waals surface area contributed by atoms with Gasteiger partial charge in [0, 0.05) is 21.4 Å². The van der Waals surface area contributed by atoms with Crippen LogP contribution in [0.25, 0.3) is 10.4 Å². The highest BCUT2D eigenvalue weighted by molar-refractivity contribution is 7.13. The van der Waals surface area contributed by atoms with Gasteiger partial charge in [0.2, 0.25) is 0 Å². The van der Waals surface area contributed by atoms with Crippen LogP contribution in [0.3, 0.4) is 0 Å². The van der Waals surface area contributed by atoms with Gasteiger partial charge < -0.3 is 4.74 Å². The number of carbonyl (C=O) groups excluding carboxylic acids is 1. The Kier molecular flexibility index (Phi) is 3.37. The van der Waals surface area contributed by atoms with E-state index in [1.165, 1.54) is 0 Å². The van der Waals surface area contributed by atoms with Crippen molar-refractivity contribution >= 4 is 17.6 Å². The minimum atomic E-state index is 0.642. The molecule has 82 valence electrons. The molecular weight excluding hydrogens is 220 g/mol. The molecule has 0 atom stereocenters. The molecule has 0 bridgehead atoms. The lowest BCUT2D eigenvalue weighted by Crippen LogP contribution is -1.92. The van der Waals surface area contributed by atoms with Crippen LogP contribution in [0.4, 0.5) is 0 Å². The lowest BCUT2D eigenvalue weighted by atomic mass is 10.1. The van der Waals surface area contributed by atoms with Gasteiger partial charge in [0.15, 0.2) is 6.29 Å². The predicted octanol–water partition coefficient (Wildman–Crippen LogP) is 3.63. The smallest absolute Gasteiger partial charge is 0.150 e. The number of hydrogen-bond donors (Lipinski definition) is 0. The van der Waals surface area contributed by atoms with Crippen molar-refractivity contribution in [3.05, 3.63) is 41.3 Å². The van der Waals surface area contributed by atoms with Crippen molar-refractivity contribution in [3.8, 4) is 16.2 Å². The van der Waals surface area contributed by atoms with Gasteiger partial charge in [-0.1, -0.05) is 12.1 Å². The van der Waals surface area contributed by atoms with Crippen molar-refractivity contribution < 1.29 is 9.53 Å². The van der Waals surface area contributed by atoms with E-state index in [-0.39, 0.29) is 0 Å². The van der Waals surface area contributed by atoms with Crippen molar-refractivity contribution in [2.24, 2.45) is 0 Å². The molecule has 2 aromatic rings. The first kappa shape index (κ1) is 10.9. The number of benzene rings is 1. The van der Waals surface area contributed by atoms with E-state index in [1.54, 1.807) is 11.3 Å². The fourth-order valence-corrected chi connectivity index (χ4v) is 2.39. The summed E-state index contributed by atoms with van der Waals surface area (Å²) in [5.41, 5.74) is 1.76. The molecule has 2 nitrogen and oxygen atoms in total. The molecular formula is C13H12O2S. The van der Waals surface area contributed by atoms with Crippen LogP contribution in [-0.2, 0) is 0 Å². The molecule has 0 fully saturated rings. The molecule has 0 saturated heterocycles. The topological polar surface area (TPSA) is 26.3 Å². The minimum absolute atomic E-state index is 0.642. The molecule has 2 rings (SSSR count). The molecule has 0 aliphatic carbocycles. The Morgan fingerprint density at radius 3 is 2.88 bits per heavy atom. The Morgan fingerprint density at radius 1 is 1.38 bits per heavy atom. The van der Waals surface area contributed by atoms with Crippen LogP contribution in [0.2, 0.25) is 0 Å². The average Bonchev–Trinajstić information content (AvgIpc) is 2.79. The molecule has 0 N–H and O–H groups in total. The third kappa shape index (κ3) is 2.14. The second kappa shape index (κ2) is 4.94. The van der Waals surface area contributed by atoms with Gasteiger partial charge in [0.25, 0.3) is 0 Å². The van der Waals surface area contributed by atoms with Crippen molar-refractivity contribution in [3.63, 3.8) is 0 Å². The number of aldehydes is 1. The Balaban J connectivity index is 2.42. The lowest BCUT2D eigenvalue weighted by Gasteiger charge is -2.07. The summed E-state index contributed by atoms with van der Waals surface area (Å²) in [5, 5.41) is 1.85. The molecule has 0 aliphatic rings. The zero-order valence-corrected chi connectivity index (χ0v) is 9.79. The number of thiophene rings is 1. The van der Waals surface area contributed by atoms with Crippen molar-refractivity contribution in [1.29, 1.82) is 0 Å². The standard InChI is InChI=1S/C13H12O2S/c1-2-15-12-6-4-3-5-11(12)13-7-10(8-14)9-16-13/h3-9H,2H2,1H3. The van der Waals surface area contributed by atoms with Crippen LogP contribution in [0.5, 0.6) is 5.75 Å². The maximum absolute atomic E-state index is 10.6. The van der Waals surface area contributed by atoms with E-state index < -0.39 is 0 Å². The van der Waals surface area contributed by atoms with Gasteiger partial charge in [-0.2, -0.15) is 0 Å². The zero-order valence-electron chi connectivity index (χ0n) is 8.97. The largest absolute Gasteiger partial charge is 0.493 e. The maximum Gasteiger partial charge on any atom is 0.150 e. The van der Waals surface area contributed by atoms with E-state index in [2.05, 4.69) is 0 Å². The normalized spacial score (nSPS) is 10.1. The zero-order chi connectivity index (χ0) is 11.4.